The van der Waals surface area contributed by atoms with E-state index >= 15 is 0 Å². The molecule has 1 atom stereocenters. The number of rotatable bonds is 3. The van der Waals surface area contributed by atoms with E-state index in [1.807, 2.05) is 6.92 Å². The van der Waals surface area contributed by atoms with Crippen molar-refractivity contribution in [2.75, 3.05) is 13.2 Å². The van der Waals surface area contributed by atoms with Crippen molar-refractivity contribution in [2.24, 2.45) is 5.73 Å². The Morgan fingerprint density at radius 2 is 2.50 bits per heavy atom. The van der Waals surface area contributed by atoms with Crippen LogP contribution in [-0.2, 0) is 5.41 Å². The minimum atomic E-state index is -0.435. The molecular weight excluding hydrogens is 222 g/mol. The van der Waals surface area contributed by atoms with Crippen LogP contribution in [0.3, 0.4) is 0 Å². The number of H-pyrrole nitrogens is 1. The van der Waals surface area contributed by atoms with Crippen molar-refractivity contribution in [2.45, 2.75) is 12.3 Å². The van der Waals surface area contributed by atoms with Gasteiger partial charge in [0.15, 0.2) is 0 Å². The van der Waals surface area contributed by atoms with Gasteiger partial charge in [-0.15, -0.1) is 0 Å². The Kier molecular flexibility index (Phi) is 2.87. The van der Waals surface area contributed by atoms with Crippen molar-refractivity contribution >= 4 is 15.9 Å². The lowest BCUT2D eigenvalue weighted by Gasteiger charge is -2.23. The standard InChI is InChI=1S/C7H12BrN3O/c1-7(3-9,4-12)6-5(8)2-10-11-6/h2,12H,3-4,9H2,1H3,(H,10,11). The van der Waals surface area contributed by atoms with Gasteiger partial charge in [0.25, 0.3) is 0 Å². The van der Waals surface area contributed by atoms with Crippen LogP contribution in [0.25, 0.3) is 0 Å². The molecule has 0 aliphatic carbocycles. The summed E-state index contributed by atoms with van der Waals surface area (Å²) in [5.41, 5.74) is 5.95. The largest absolute Gasteiger partial charge is 0.395 e. The molecule has 0 saturated heterocycles. The van der Waals surface area contributed by atoms with Crippen molar-refractivity contribution in [1.29, 1.82) is 0 Å². The first kappa shape index (κ1) is 9.70. The fourth-order valence-corrected chi connectivity index (χ4v) is 1.61. The average molecular weight is 234 g/mol. The molecule has 5 heteroatoms. The first-order valence-electron chi connectivity index (χ1n) is 3.64. The van der Waals surface area contributed by atoms with Crippen LogP contribution in [0.4, 0.5) is 0 Å². The van der Waals surface area contributed by atoms with E-state index in [0.717, 1.165) is 10.2 Å². The monoisotopic (exact) mass is 233 g/mol. The second kappa shape index (κ2) is 3.55. The molecule has 1 rings (SSSR count). The van der Waals surface area contributed by atoms with Crippen LogP contribution in [0.1, 0.15) is 12.6 Å². The van der Waals surface area contributed by atoms with Crippen molar-refractivity contribution in [3.05, 3.63) is 16.4 Å². The lowest BCUT2D eigenvalue weighted by Crippen LogP contribution is -2.36. The SMILES string of the molecule is CC(CN)(CO)c1[nH]ncc1Br. The predicted octanol–water partition coefficient (Wildman–Crippen LogP) is 0.381. The first-order chi connectivity index (χ1) is 5.64. The van der Waals surface area contributed by atoms with Crippen molar-refractivity contribution in [1.82, 2.24) is 10.2 Å². The van der Waals surface area contributed by atoms with Gasteiger partial charge in [-0.25, -0.2) is 0 Å². The minimum Gasteiger partial charge on any atom is -0.395 e. The van der Waals surface area contributed by atoms with Crippen molar-refractivity contribution in [3.63, 3.8) is 0 Å². The summed E-state index contributed by atoms with van der Waals surface area (Å²) >= 11 is 3.32. The molecule has 1 heterocycles. The lowest BCUT2D eigenvalue weighted by molar-refractivity contribution is 0.206. The summed E-state index contributed by atoms with van der Waals surface area (Å²) in [5, 5.41) is 15.8. The number of aromatic nitrogens is 2. The van der Waals surface area contributed by atoms with Gasteiger partial charge in [0, 0.05) is 12.0 Å². The second-order valence-corrected chi connectivity index (χ2v) is 3.87. The Hall–Kier alpha value is -0.390. The van der Waals surface area contributed by atoms with Gasteiger partial charge < -0.3 is 10.8 Å². The molecular formula is C7H12BrN3O. The number of hydrogen-bond donors (Lipinski definition) is 3. The van der Waals surface area contributed by atoms with Crippen LogP contribution in [0, 0.1) is 0 Å². The summed E-state index contributed by atoms with van der Waals surface area (Å²) in [6, 6.07) is 0. The highest BCUT2D eigenvalue weighted by molar-refractivity contribution is 9.10. The molecule has 0 aliphatic rings. The Morgan fingerprint density at radius 1 is 1.83 bits per heavy atom. The van der Waals surface area contributed by atoms with E-state index in [2.05, 4.69) is 26.1 Å². The van der Waals surface area contributed by atoms with Crippen LogP contribution in [0.15, 0.2) is 10.7 Å². The molecule has 0 spiro atoms. The van der Waals surface area contributed by atoms with E-state index in [1.54, 1.807) is 6.20 Å². The summed E-state index contributed by atoms with van der Waals surface area (Å²) in [6.45, 7) is 2.26. The number of aliphatic hydroxyl groups is 1. The number of hydrogen-bond acceptors (Lipinski definition) is 3. The van der Waals surface area contributed by atoms with Gasteiger partial charge >= 0.3 is 0 Å². The minimum absolute atomic E-state index is 0.00426. The van der Waals surface area contributed by atoms with Gasteiger partial charge in [0.05, 0.1) is 23.0 Å². The number of aromatic amines is 1. The van der Waals surface area contributed by atoms with Crippen molar-refractivity contribution < 1.29 is 5.11 Å². The third kappa shape index (κ3) is 1.53. The Morgan fingerprint density at radius 3 is 2.83 bits per heavy atom. The maximum absolute atomic E-state index is 9.13. The van der Waals surface area contributed by atoms with Gasteiger partial charge in [-0.1, -0.05) is 6.92 Å². The van der Waals surface area contributed by atoms with E-state index in [4.69, 9.17) is 10.8 Å². The molecule has 0 aromatic carbocycles. The Bertz CT molecular complexity index is 257. The van der Waals surface area contributed by atoms with Crippen molar-refractivity contribution in [3.8, 4) is 0 Å². The highest BCUT2D eigenvalue weighted by Crippen LogP contribution is 2.26. The molecule has 4 nitrogen and oxygen atoms in total. The first-order valence-corrected chi connectivity index (χ1v) is 4.43. The van der Waals surface area contributed by atoms with E-state index in [1.165, 1.54) is 0 Å². The summed E-state index contributed by atoms with van der Waals surface area (Å²) in [4.78, 5) is 0. The zero-order valence-corrected chi connectivity index (χ0v) is 8.43. The summed E-state index contributed by atoms with van der Waals surface area (Å²) < 4.78 is 0.851. The highest BCUT2D eigenvalue weighted by atomic mass is 79.9. The fourth-order valence-electron chi connectivity index (χ4n) is 0.940. The van der Waals surface area contributed by atoms with Crippen LogP contribution in [-0.4, -0.2) is 28.5 Å². The summed E-state index contributed by atoms with van der Waals surface area (Å²) in [6.07, 6.45) is 1.65. The highest BCUT2D eigenvalue weighted by Gasteiger charge is 2.27. The number of aliphatic hydroxyl groups excluding tert-OH is 1. The Labute approximate surface area is 79.3 Å². The van der Waals surface area contributed by atoms with Gasteiger partial charge in [-0.3, -0.25) is 5.10 Å². The smallest absolute Gasteiger partial charge is 0.0632 e. The summed E-state index contributed by atoms with van der Waals surface area (Å²) in [7, 11) is 0. The maximum Gasteiger partial charge on any atom is 0.0632 e. The van der Waals surface area contributed by atoms with E-state index in [9.17, 15) is 0 Å². The summed E-state index contributed by atoms with van der Waals surface area (Å²) in [5.74, 6) is 0. The molecule has 4 N–H and O–H groups in total. The number of nitrogens with zero attached hydrogens (tertiary/aromatic N) is 1. The second-order valence-electron chi connectivity index (χ2n) is 3.02. The van der Waals surface area contributed by atoms with Crippen LogP contribution >= 0.6 is 15.9 Å². The molecule has 1 aromatic heterocycles. The molecule has 0 saturated carbocycles. The predicted molar refractivity (Wildman–Crippen MR) is 49.8 cm³/mol. The quantitative estimate of drug-likeness (QED) is 0.707. The van der Waals surface area contributed by atoms with Gasteiger partial charge in [0.2, 0.25) is 0 Å². The van der Waals surface area contributed by atoms with E-state index in [0.29, 0.717) is 6.54 Å². The topological polar surface area (TPSA) is 74.9 Å². The third-order valence-corrected chi connectivity index (χ3v) is 2.60. The fraction of sp³-hybridized carbons (Fsp3) is 0.571. The molecule has 68 valence electrons. The number of nitrogens with two attached hydrogens (primary N) is 1. The molecule has 1 aromatic rings. The zero-order valence-electron chi connectivity index (χ0n) is 6.84. The lowest BCUT2D eigenvalue weighted by atomic mass is 9.88. The van der Waals surface area contributed by atoms with Gasteiger partial charge in [-0.05, 0) is 15.9 Å². The number of halogens is 1. The van der Waals surface area contributed by atoms with E-state index < -0.39 is 5.41 Å². The van der Waals surface area contributed by atoms with Gasteiger partial charge in [-0.2, -0.15) is 5.10 Å². The van der Waals surface area contributed by atoms with E-state index in [-0.39, 0.29) is 6.61 Å². The van der Waals surface area contributed by atoms with Crippen LogP contribution in [0.5, 0.6) is 0 Å². The molecule has 0 amide bonds. The normalized spacial score (nSPS) is 16.0. The number of nitrogens with one attached hydrogen (secondary N) is 1. The molecule has 0 aliphatic heterocycles. The average Bonchev–Trinajstić information content (AvgIpc) is 2.51. The molecule has 12 heavy (non-hydrogen) atoms. The Balaban J connectivity index is 3.02. The third-order valence-electron chi connectivity index (χ3n) is 2.00. The maximum atomic E-state index is 9.13. The molecule has 0 fully saturated rings. The molecule has 0 radical (unpaired) electrons. The van der Waals surface area contributed by atoms with Crippen LogP contribution in [0.2, 0.25) is 0 Å². The molecule has 1 unspecified atom stereocenters. The van der Waals surface area contributed by atoms with Crippen LogP contribution < -0.4 is 5.73 Å². The zero-order chi connectivity index (χ0) is 9.19. The van der Waals surface area contributed by atoms with Gasteiger partial charge in [0.1, 0.15) is 0 Å². The molecule has 0 bridgehead atoms.